The molecule has 32 heavy (non-hydrogen) atoms. The molecule has 1 aliphatic carbocycles. The summed E-state index contributed by atoms with van der Waals surface area (Å²) in [5.74, 6) is 0.494. The lowest BCUT2D eigenvalue weighted by molar-refractivity contribution is 0.598. The zero-order chi connectivity index (χ0) is 22.3. The lowest BCUT2D eigenvalue weighted by atomic mass is 9.97. The van der Waals surface area contributed by atoms with Crippen LogP contribution < -0.4 is 10.7 Å². The van der Waals surface area contributed by atoms with Crippen molar-refractivity contribution < 1.29 is 8.42 Å². The Hall–Kier alpha value is -3.07. The highest BCUT2D eigenvalue weighted by Gasteiger charge is 2.22. The number of aryl methyl sites for hydroxylation is 2. The zero-order valence-electron chi connectivity index (χ0n) is 17.2. The quantitative estimate of drug-likeness (QED) is 0.492. The van der Waals surface area contributed by atoms with Crippen LogP contribution in [0.1, 0.15) is 34.7 Å². The third-order valence-electron chi connectivity index (χ3n) is 5.66. The normalized spacial score (nSPS) is 14.2. The van der Waals surface area contributed by atoms with Crippen LogP contribution in [-0.2, 0) is 22.9 Å². The number of hydrogen-bond acceptors (Lipinski definition) is 5. The number of fused-ring (bicyclic) bond motifs is 3. The number of thiophene rings is 1. The molecule has 5 rings (SSSR count). The van der Waals surface area contributed by atoms with Crippen molar-refractivity contribution in [1.29, 1.82) is 0 Å². The molecular formula is C24H21N3O3S2. The van der Waals surface area contributed by atoms with E-state index in [1.165, 1.54) is 17.0 Å². The van der Waals surface area contributed by atoms with Crippen molar-refractivity contribution in [2.45, 2.75) is 30.6 Å². The van der Waals surface area contributed by atoms with Gasteiger partial charge in [0.1, 0.15) is 10.7 Å². The number of nitrogens with zero attached hydrogens (tertiary/aromatic N) is 2. The van der Waals surface area contributed by atoms with Gasteiger partial charge in [0.15, 0.2) is 0 Å². The topological polar surface area (TPSA) is 95.1 Å². The molecule has 1 aliphatic rings. The van der Waals surface area contributed by atoms with Crippen molar-refractivity contribution in [1.82, 2.24) is 9.55 Å². The number of nitrogens with two attached hydrogens (primary N) is 1. The maximum Gasteiger partial charge on any atom is 0.267 e. The summed E-state index contributed by atoms with van der Waals surface area (Å²) in [6.45, 7) is 0. The average Bonchev–Trinajstić information content (AvgIpc) is 3.16. The molecule has 6 nitrogen and oxygen atoms in total. The third kappa shape index (κ3) is 3.81. The molecule has 0 atom stereocenters. The summed E-state index contributed by atoms with van der Waals surface area (Å²) in [5.41, 5.74) is 2.51. The largest absolute Gasteiger partial charge is 0.268 e. The molecule has 0 amide bonds. The van der Waals surface area contributed by atoms with Crippen molar-refractivity contribution in [3.8, 4) is 5.69 Å². The number of rotatable bonds is 4. The van der Waals surface area contributed by atoms with Crippen LogP contribution in [0.2, 0.25) is 0 Å². The fourth-order valence-corrected chi connectivity index (χ4v) is 5.88. The summed E-state index contributed by atoms with van der Waals surface area (Å²) >= 11 is 1.61. The number of benzene rings is 2. The van der Waals surface area contributed by atoms with E-state index in [2.05, 4.69) is 0 Å². The second kappa shape index (κ2) is 8.12. The molecule has 0 spiro atoms. The SMILES string of the molecule is NS(=O)(=O)c1ccc(-n2c(/C=C/c3ccccc3)nc3sc4c(c3c2=O)CCCC4)cc1. The summed E-state index contributed by atoms with van der Waals surface area (Å²) < 4.78 is 24.9. The van der Waals surface area contributed by atoms with Gasteiger partial charge < -0.3 is 0 Å². The van der Waals surface area contributed by atoms with Gasteiger partial charge in [-0.05, 0) is 67.2 Å². The van der Waals surface area contributed by atoms with Gasteiger partial charge in [0.05, 0.1) is 16.0 Å². The predicted molar refractivity (Wildman–Crippen MR) is 129 cm³/mol. The second-order valence-electron chi connectivity index (χ2n) is 7.78. The standard InChI is InChI=1S/C24H21N3O3S2/c25-32(29,30)18-13-11-17(12-14-18)27-21(15-10-16-6-2-1-3-7-16)26-23-22(24(27)28)19-8-4-5-9-20(19)31-23/h1-3,6-7,10-15H,4-5,8-9H2,(H2,25,29,30)/b15-10+. The number of aromatic nitrogens is 2. The monoisotopic (exact) mass is 463 g/mol. The maximum absolute atomic E-state index is 13.7. The number of primary sulfonamides is 1. The first-order chi connectivity index (χ1) is 15.4. The van der Waals surface area contributed by atoms with Crippen LogP contribution in [0.4, 0.5) is 0 Å². The fraction of sp³-hybridized carbons (Fsp3) is 0.167. The first kappa shape index (κ1) is 20.8. The fourth-order valence-electron chi connectivity index (χ4n) is 4.10. The van der Waals surface area contributed by atoms with Gasteiger partial charge in [-0.3, -0.25) is 9.36 Å². The first-order valence-corrected chi connectivity index (χ1v) is 12.7. The van der Waals surface area contributed by atoms with E-state index in [0.29, 0.717) is 16.9 Å². The Morgan fingerprint density at radius 3 is 2.41 bits per heavy atom. The summed E-state index contributed by atoms with van der Waals surface area (Å²) in [5, 5.41) is 5.91. The van der Waals surface area contributed by atoms with E-state index in [-0.39, 0.29) is 10.5 Å². The molecule has 0 aliphatic heterocycles. The van der Waals surface area contributed by atoms with Gasteiger partial charge in [0.25, 0.3) is 5.56 Å². The van der Waals surface area contributed by atoms with Crippen molar-refractivity contribution in [2.75, 3.05) is 0 Å². The second-order valence-corrected chi connectivity index (χ2v) is 10.4. The van der Waals surface area contributed by atoms with Crippen LogP contribution in [0.3, 0.4) is 0 Å². The van der Waals surface area contributed by atoms with Crippen LogP contribution in [0.25, 0.3) is 28.1 Å². The molecule has 0 unspecified atom stereocenters. The van der Waals surface area contributed by atoms with Gasteiger partial charge in [-0.15, -0.1) is 11.3 Å². The van der Waals surface area contributed by atoms with Crippen molar-refractivity contribution in [3.05, 3.63) is 86.8 Å². The lowest BCUT2D eigenvalue weighted by Crippen LogP contribution is -2.23. The molecule has 0 radical (unpaired) electrons. The Balaban J connectivity index is 1.73. The predicted octanol–water partition coefficient (Wildman–Crippen LogP) is 4.14. The van der Waals surface area contributed by atoms with Gasteiger partial charge >= 0.3 is 0 Å². The highest BCUT2D eigenvalue weighted by atomic mass is 32.2. The molecule has 4 aromatic rings. The Labute approximate surface area is 189 Å². The molecule has 0 saturated carbocycles. The summed E-state index contributed by atoms with van der Waals surface area (Å²) in [6.07, 6.45) is 7.80. The van der Waals surface area contributed by atoms with Crippen LogP contribution in [-0.4, -0.2) is 18.0 Å². The Kier molecular flexibility index (Phi) is 5.28. The zero-order valence-corrected chi connectivity index (χ0v) is 18.8. The molecule has 162 valence electrons. The van der Waals surface area contributed by atoms with E-state index in [4.69, 9.17) is 10.1 Å². The highest BCUT2D eigenvalue weighted by molar-refractivity contribution is 7.89. The van der Waals surface area contributed by atoms with E-state index in [1.807, 2.05) is 42.5 Å². The first-order valence-electron chi connectivity index (χ1n) is 10.4. The Morgan fingerprint density at radius 1 is 0.969 bits per heavy atom. The minimum absolute atomic E-state index is 0.00220. The summed E-state index contributed by atoms with van der Waals surface area (Å²) in [7, 11) is -3.82. The molecule has 2 aromatic heterocycles. The molecular weight excluding hydrogens is 442 g/mol. The van der Waals surface area contributed by atoms with E-state index in [9.17, 15) is 13.2 Å². The van der Waals surface area contributed by atoms with Gasteiger partial charge in [0, 0.05) is 4.88 Å². The van der Waals surface area contributed by atoms with Crippen molar-refractivity contribution in [2.24, 2.45) is 5.14 Å². The van der Waals surface area contributed by atoms with E-state index < -0.39 is 10.0 Å². The van der Waals surface area contributed by atoms with E-state index in [1.54, 1.807) is 28.0 Å². The molecule has 2 N–H and O–H groups in total. The van der Waals surface area contributed by atoms with Crippen LogP contribution in [0.5, 0.6) is 0 Å². The lowest BCUT2D eigenvalue weighted by Gasteiger charge is -2.13. The van der Waals surface area contributed by atoms with Gasteiger partial charge in [-0.1, -0.05) is 36.4 Å². The number of hydrogen-bond donors (Lipinski definition) is 1. The van der Waals surface area contributed by atoms with Crippen LogP contribution in [0.15, 0.2) is 64.3 Å². The molecule has 0 bridgehead atoms. The van der Waals surface area contributed by atoms with E-state index >= 15 is 0 Å². The van der Waals surface area contributed by atoms with Crippen LogP contribution in [0, 0.1) is 0 Å². The molecule has 8 heteroatoms. The van der Waals surface area contributed by atoms with Crippen molar-refractivity contribution in [3.63, 3.8) is 0 Å². The smallest absolute Gasteiger partial charge is 0.267 e. The molecule has 2 aromatic carbocycles. The van der Waals surface area contributed by atoms with Crippen LogP contribution >= 0.6 is 11.3 Å². The Bertz CT molecular complexity index is 1500. The average molecular weight is 464 g/mol. The van der Waals surface area contributed by atoms with E-state index in [0.717, 1.165) is 41.6 Å². The van der Waals surface area contributed by atoms with Gasteiger partial charge in [-0.2, -0.15) is 0 Å². The number of sulfonamides is 1. The molecule has 0 fully saturated rings. The van der Waals surface area contributed by atoms with Gasteiger partial charge in [0.2, 0.25) is 10.0 Å². The highest BCUT2D eigenvalue weighted by Crippen LogP contribution is 2.34. The minimum atomic E-state index is -3.82. The summed E-state index contributed by atoms with van der Waals surface area (Å²) in [4.78, 5) is 20.6. The Morgan fingerprint density at radius 2 is 1.69 bits per heavy atom. The van der Waals surface area contributed by atoms with Gasteiger partial charge in [-0.25, -0.2) is 18.5 Å². The van der Waals surface area contributed by atoms with Crippen molar-refractivity contribution >= 4 is 43.7 Å². The maximum atomic E-state index is 13.7. The third-order valence-corrected chi connectivity index (χ3v) is 7.78. The summed E-state index contributed by atoms with van der Waals surface area (Å²) in [6, 6.07) is 15.8. The molecule has 2 heterocycles. The minimum Gasteiger partial charge on any atom is -0.268 e. The molecule has 0 saturated heterocycles.